The first-order valence-electron chi connectivity index (χ1n) is 9.47. The Bertz CT molecular complexity index is 1020. The first-order chi connectivity index (χ1) is 13.9. The Morgan fingerprint density at radius 2 is 1.66 bits per heavy atom. The van der Waals surface area contributed by atoms with Crippen molar-refractivity contribution in [3.8, 4) is 29.2 Å². The molecule has 0 bridgehead atoms. The average Bonchev–Trinajstić information content (AvgIpc) is 2.71. The summed E-state index contributed by atoms with van der Waals surface area (Å²) in [5, 5.41) is 0. The van der Waals surface area contributed by atoms with E-state index in [0.717, 1.165) is 28.0 Å². The number of rotatable bonds is 5. The Morgan fingerprint density at radius 3 is 2.28 bits per heavy atom. The summed E-state index contributed by atoms with van der Waals surface area (Å²) >= 11 is 0. The molecule has 0 amide bonds. The van der Waals surface area contributed by atoms with Gasteiger partial charge in [-0.1, -0.05) is 48.4 Å². The Hall–Kier alpha value is -3.51. The summed E-state index contributed by atoms with van der Waals surface area (Å²) in [5.74, 6) is 3.11. The molecule has 0 unspecified atom stereocenters. The summed E-state index contributed by atoms with van der Waals surface area (Å²) in [6.07, 6.45) is 5.73. The van der Waals surface area contributed by atoms with E-state index in [4.69, 9.17) is 15.9 Å². The lowest BCUT2D eigenvalue weighted by atomic mass is 9.98. The van der Waals surface area contributed by atoms with Gasteiger partial charge in [-0.05, 0) is 67.8 Å². The molecule has 0 saturated heterocycles. The summed E-state index contributed by atoms with van der Waals surface area (Å²) in [5.41, 5.74) is 3.66. The molecule has 3 rings (SSSR count). The minimum absolute atomic E-state index is 0.342. The lowest BCUT2D eigenvalue weighted by molar-refractivity contribution is 0.00695. The van der Waals surface area contributed by atoms with E-state index in [2.05, 4.69) is 5.92 Å². The first-order valence-corrected chi connectivity index (χ1v) is 9.47. The average molecular weight is 384 g/mol. The van der Waals surface area contributed by atoms with Gasteiger partial charge in [0.2, 0.25) is 0 Å². The number of hydrogen-bond acceptors (Lipinski definition) is 3. The quantitative estimate of drug-likeness (QED) is 0.408. The summed E-state index contributed by atoms with van der Waals surface area (Å²) in [6, 6.07) is 22.9. The van der Waals surface area contributed by atoms with Crippen LogP contribution in [0.15, 0.2) is 72.8 Å². The van der Waals surface area contributed by atoms with Crippen LogP contribution < -0.4 is 4.74 Å². The van der Waals surface area contributed by atoms with E-state index in [-0.39, 0.29) is 5.97 Å². The monoisotopic (exact) mass is 384 g/mol. The maximum Gasteiger partial charge on any atom is 0.338 e. The van der Waals surface area contributed by atoms with Crippen molar-refractivity contribution in [3.63, 3.8) is 0 Å². The maximum absolute atomic E-state index is 12.2. The highest BCUT2D eigenvalue weighted by molar-refractivity contribution is 5.90. The minimum Gasteiger partial charge on any atom is -0.489 e. The molecule has 3 nitrogen and oxygen atoms in total. The summed E-state index contributed by atoms with van der Waals surface area (Å²) in [4.78, 5) is 12.2. The van der Waals surface area contributed by atoms with Gasteiger partial charge in [-0.25, -0.2) is 4.79 Å². The van der Waals surface area contributed by atoms with Crippen molar-refractivity contribution < 1.29 is 14.3 Å². The van der Waals surface area contributed by atoms with Crippen LogP contribution >= 0.6 is 0 Å². The number of ether oxygens (including phenoxy) is 2. The number of carbonyl (C=O) groups is 1. The van der Waals surface area contributed by atoms with Crippen LogP contribution in [-0.2, 0) is 11.3 Å². The molecule has 3 aromatic rings. The van der Waals surface area contributed by atoms with Crippen molar-refractivity contribution in [1.29, 1.82) is 0 Å². The standard InChI is InChI=1S/C26H24O3/c1-5-20-17-23(28-18-19-9-7-6-8-10-19)15-16-24(20)21-11-13-22(14-12-21)25(27)29-26(2,3)4/h1,6-17H,18H2,2-4H3. The van der Waals surface area contributed by atoms with Gasteiger partial charge in [0, 0.05) is 5.56 Å². The zero-order chi connectivity index (χ0) is 20.9. The highest BCUT2D eigenvalue weighted by Crippen LogP contribution is 2.28. The second kappa shape index (κ2) is 8.67. The van der Waals surface area contributed by atoms with E-state index in [0.29, 0.717) is 12.2 Å². The van der Waals surface area contributed by atoms with Gasteiger partial charge in [-0.3, -0.25) is 0 Å². The normalized spacial score (nSPS) is 10.8. The predicted octanol–water partition coefficient (Wildman–Crippen LogP) is 5.87. The maximum atomic E-state index is 12.2. The third kappa shape index (κ3) is 5.49. The zero-order valence-electron chi connectivity index (χ0n) is 16.9. The van der Waals surface area contributed by atoms with Crippen molar-refractivity contribution in [3.05, 3.63) is 89.5 Å². The number of esters is 1. The first kappa shape index (κ1) is 20.2. The van der Waals surface area contributed by atoms with E-state index in [1.54, 1.807) is 12.1 Å². The molecule has 0 aliphatic heterocycles. The minimum atomic E-state index is -0.526. The molecular weight excluding hydrogens is 360 g/mol. The molecule has 0 aromatic heterocycles. The molecule has 3 aromatic carbocycles. The molecule has 0 heterocycles. The molecule has 29 heavy (non-hydrogen) atoms. The van der Waals surface area contributed by atoms with Gasteiger partial charge in [-0.15, -0.1) is 6.42 Å². The second-order valence-corrected chi connectivity index (χ2v) is 7.71. The van der Waals surface area contributed by atoms with E-state index in [9.17, 15) is 4.79 Å². The van der Waals surface area contributed by atoms with E-state index < -0.39 is 5.60 Å². The van der Waals surface area contributed by atoms with Crippen LogP contribution in [0.5, 0.6) is 5.75 Å². The Labute approximate surface area is 172 Å². The number of terminal acetylenes is 1. The number of carbonyl (C=O) groups excluding carboxylic acids is 1. The van der Waals surface area contributed by atoms with Gasteiger partial charge in [0.15, 0.2) is 0 Å². The molecule has 0 N–H and O–H groups in total. The van der Waals surface area contributed by atoms with Crippen molar-refractivity contribution in [2.75, 3.05) is 0 Å². The van der Waals surface area contributed by atoms with Crippen molar-refractivity contribution in [1.82, 2.24) is 0 Å². The zero-order valence-corrected chi connectivity index (χ0v) is 16.9. The van der Waals surface area contributed by atoms with Gasteiger partial charge in [-0.2, -0.15) is 0 Å². The molecule has 0 fully saturated rings. The van der Waals surface area contributed by atoms with Crippen molar-refractivity contribution >= 4 is 5.97 Å². The molecule has 0 saturated carbocycles. The van der Waals surface area contributed by atoms with Gasteiger partial charge in [0.25, 0.3) is 0 Å². The largest absolute Gasteiger partial charge is 0.489 e. The van der Waals surface area contributed by atoms with Crippen LogP contribution in [0.2, 0.25) is 0 Å². The molecule has 0 aliphatic carbocycles. The summed E-state index contributed by atoms with van der Waals surface area (Å²) < 4.78 is 11.3. The summed E-state index contributed by atoms with van der Waals surface area (Å²) in [6.45, 7) is 6.02. The van der Waals surface area contributed by atoms with Crippen molar-refractivity contribution in [2.45, 2.75) is 33.0 Å². The molecular formula is C26H24O3. The molecule has 3 heteroatoms. The van der Waals surface area contributed by atoms with Gasteiger partial charge in [0.1, 0.15) is 18.0 Å². The SMILES string of the molecule is C#Cc1cc(OCc2ccccc2)ccc1-c1ccc(C(=O)OC(C)(C)C)cc1. The fourth-order valence-corrected chi connectivity index (χ4v) is 2.85. The fourth-order valence-electron chi connectivity index (χ4n) is 2.85. The van der Waals surface area contributed by atoms with Crippen LogP contribution in [0.3, 0.4) is 0 Å². The third-order valence-electron chi connectivity index (χ3n) is 4.23. The van der Waals surface area contributed by atoms with Crippen LogP contribution in [0, 0.1) is 12.3 Å². The Balaban J connectivity index is 1.76. The van der Waals surface area contributed by atoms with E-state index >= 15 is 0 Å². The Morgan fingerprint density at radius 1 is 0.966 bits per heavy atom. The summed E-state index contributed by atoms with van der Waals surface area (Å²) in [7, 11) is 0. The van der Waals surface area contributed by atoms with Gasteiger partial charge >= 0.3 is 5.97 Å². The lowest BCUT2D eigenvalue weighted by Crippen LogP contribution is -2.23. The number of hydrogen-bond donors (Lipinski definition) is 0. The van der Waals surface area contributed by atoms with Crippen LogP contribution in [-0.4, -0.2) is 11.6 Å². The van der Waals surface area contributed by atoms with Crippen LogP contribution in [0.1, 0.15) is 42.3 Å². The third-order valence-corrected chi connectivity index (χ3v) is 4.23. The number of benzene rings is 3. The highest BCUT2D eigenvalue weighted by atomic mass is 16.6. The molecule has 0 aliphatic rings. The van der Waals surface area contributed by atoms with Gasteiger partial charge < -0.3 is 9.47 Å². The van der Waals surface area contributed by atoms with Gasteiger partial charge in [0.05, 0.1) is 5.56 Å². The molecule has 0 spiro atoms. The predicted molar refractivity (Wildman–Crippen MR) is 116 cm³/mol. The molecule has 146 valence electrons. The highest BCUT2D eigenvalue weighted by Gasteiger charge is 2.18. The van der Waals surface area contributed by atoms with E-state index in [1.165, 1.54) is 0 Å². The fraction of sp³-hybridized carbons (Fsp3) is 0.192. The molecule has 0 atom stereocenters. The van der Waals surface area contributed by atoms with Crippen molar-refractivity contribution in [2.24, 2.45) is 0 Å². The Kier molecular flexibility index (Phi) is 6.04. The van der Waals surface area contributed by atoms with E-state index in [1.807, 2.05) is 81.4 Å². The topological polar surface area (TPSA) is 35.5 Å². The second-order valence-electron chi connectivity index (χ2n) is 7.71. The molecule has 0 radical (unpaired) electrons. The lowest BCUT2D eigenvalue weighted by Gasteiger charge is -2.19. The van der Waals surface area contributed by atoms with Crippen LogP contribution in [0.4, 0.5) is 0 Å². The smallest absolute Gasteiger partial charge is 0.338 e. The van der Waals surface area contributed by atoms with Crippen LogP contribution in [0.25, 0.3) is 11.1 Å².